The number of ketones is 1. The van der Waals surface area contributed by atoms with Crippen molar-refractivity contribution in [1.29, 1.82) is 0 Å². The van der Waals surface area contributed by atoms with E-state index in [9.17, 15) is 14.1 Å². The van der Waals surface area contributed by atoms with Crippen molar-refractivity contribution in [3.05, 3.63) is 34.5 Å². The average molecular weight is 426 g/mol. The van der Waals surface area contributed by atoms with Crippen LogP contribution in [0, 0.1) is 0 Å². The molecule has 0 saturated carbocycles. The molecule has 2 aromatic rings. The lowest BCUT2D eigenvalue weighted by Crippen LogP contribution is -2.16. The van der Waals surface area contributed by atoms with Gasteiger partial charge in [0.2, 0.25) is 11.7 Å². The van der Waals surface area contributed by atoms with E-state index in [1.807, 2.05) is 6.92 Å². The first-order valence-corrected chi connectivity index (χ1v) is 11.5. The Bertz CT molecular complexity index is 997. The lowest BCUT2D eigenvalue weighted by atomic mass is 10.0. The minimum Gasteiger partial charge on any atom is -0.493 e. The second kappa shape index (κ2) is 8.53. The zero-order valence-corrected chi connectivity index (χ0v) is 17.6. The highest BCUT2D eigenvalue weighted by Crippen LogP contribution is 2.40. The SMILES string of the molecule is CCCOc1ccc(C(=O)c2cnn(C)c2O)c(Cl)c1N=S1(=O)CCCCC1. The van der Waals surface area contributed by atoms with E-state index in [1.165, 1.54) is 24.0 Å². The third-order valence-electron chi connectivity index (χ3n) is 4.62. The Kier molecular flexibility index (Phi) is 6.30. The van der Waals surface area contributed by atoms with Gasteiger partial charge in [-0.1, -0.05) is 24.9 Å². The number of hydrogen-bond acceptors (Lipinski definition) is 6. The summed E-state index contributed by atoms with van der Waals surface area (Å²) in [5.74, 6) is 0.708. The minimum atomic E-state index is -2.44. The number of hydrogen-bond donors (Lipinski definition) is 1. The molecule has 0 atom stereocenters. The predicted molar refractivity (Wildman–Crippen MR) is 109 cm³/mol. The molecular formula is C19H24ClN3O4S. The summed E-state index contributed by atoms with van der Waals surface area (Å²) < 4.78 is 24.6. The summed E-state index contributed by atoms with van der Waals surface area (Å²) in [6, 6.07) is 3.15. The molecule has 0 radical (unpaired) electrons. The maximum Gasteiger partial charge on any atom is 0.220 e. The standard InChI is InChI=1S/C19H24ClN3O4S/c1-3-9-27-15-8-7-13(18(24)14-12-21-23(2)19(14)25)16(20)17(15)22-28(26)10-5-4-6-11-28/h7-8,12,25H,3-6,9-11H2,1-2H3. The van der Waals surface area contributed by atoms with Gasteiger partial charge in [-0.2, -0.15) is 9.46 Å². The fourth-order valence-electron chi connectivity index (χ4n) is 3.06. The highest BCUT2D eigenvalue weighted by molar-refractivity contribution is 7.93. The van der Waals surface area contributed by atoms with E-state index < -0.39 is 15.5 Å². The highest BCUT2D eigenvalue weighted by Gasteiger charge is 2.24. The maximum absolute atomic E-state index is 13.1. The van der Waals surface area contributed by atoms with Crippen molar-refractivity contribution < 1.29 is 18.8 Å². The van der Waals surface area contributed by atoms with Crippen LogP contribution >= 0.6 is 11.6 Å². The van der Waals surface area contributed by atoms with Crippen LogP contribution in [0.1, 0.15) is 48.5 Å². The van der Waals surface area contributed by atoms with Crippen molar-refractivity contribution in [3.8, 4) is 11.6 Å². The number of carbonyl (C=O) groups is 1. The summed E-state index contributed by atoms with van der Waals surface area (Å²) in [7, 11) is -0.909. The van der Waals surface area contributed by atoms with Crippen LogP contribution in [0.3, 0.4) is 0 Å². The summed E-state index contributed by atoms with van der Waals surface area (Å²) in [6.07, 6.45) is 4.82. The van der Waals surface area contributed by atoms with E-state index in [4.69, 9.17) is 16.3 Å². The number of nitrogens with zero attached hydrogens (tertiary/aromatic N) is 3. The number of aromatic nitrogens is 2. The number of halogens is 1. The van der Waals surface area contributed by atoms with Crippen LogP contribution in [0.5, 0.6) is 11.6 Å². The molecule has 28 heavy (non-hydrogen) atoms. The second-order valence-electron chi connectivity index (χ2n) is 6.79. The smallest absolute Gasteiger partial charge is 0.220 e. The van der Waals surface area contributed by atoms with Crippen molar-refractivity contribution >= 4 is 32.8 Å². The molecule has 1 aromatic heterocycles. The van der Waals surface area contributed by atoms with E-state index in [0.29, 0.717) is 23.9 Å². The second-order valence-corrected chi connectivity index (χ2v) is 9.71. The van der Waals surface area contributed by atoms with Gasteiger partial charge in [0, 0.05) is 24.1 Å². The van der Waals surface area contributed by atoms with Gasteiger partial charge in [0.05, 0.1) is 27.6 Å². The van der Waals surface area contributed by atoms with E-state index in [1.54, 1.807) is 6.07 Å². The summed E-state index contributed by atoms with van der Waals surface area (Å²) in [5, 5.41) is 14.0. The van der Waals surface area contributed by atoms with Crippen molar-refractivity contribution in [2.45, 2.75) is 32.6 Å². The Labute approximate surface area is 169 Å². The summed E-state index contributed by atoms with van der Waals surface area (Å²) in [5.41, 5.74) is 0.446. The van der Waals surface area contributed by atoms with Crippen molar-refractivity contribution in [2.24, 2.45) is 11.4 Å². The lowest BCUT2D eigenvalue weighted by molar-refractivity contribution is 0.103. The Morgan fingerprint density at radius 2 is 2.04 bits per heavy atom. The zero-order valence-electron chi connectivity index (χ0n) is 16.0. The molecule has 3 rings (SSSR count). The predicted octanol–water partition coefficient (Wildman–Crippen LogP) is 4.08. The molecule has 1 N–H and O–H groups in total. The molecule has 0 spiro atoms. The molecule has 0 unspecified atom stereocenters. The van der Waals surface area contributed by atoms with E-state index >= 15 is 0 Å². The molecule has 152 valence electrons. The molecule has 0 aliphatic carbocycles. The van der Waals surface area contributed by atoms with Crippen LogP contribution in [-0.2, 0) is 16.8 Å². The average Bonchev–Trinajstić information content (AvgIpc) is 3.01. The zero-order chi connectivity index (χ0) is 20.3. The largest absolute Gasteiger partial charge is 0.493 e. The topological polar surface area (TPSA) is 93.8 Å². The van der Waals surface area contributed by atoms with Crippen molar-refractivity contribution in [2.75, 3.05) is 18.1 Å². The highest BCUT2D eigenvalue weighted by atomic mass is 35.5. The summed E-state index contributed by atoms with van der Waals surface area (Å²) in [4.78, 5) is 12.9. The number of rotatable bonds is 6. The molecule has 1 aliphatic heterocycles. The molecule has 1 fully saturated rings. The van der Waals surface area contributed by atoms with Crippen molar-refractivity contribution in [1.82, 2.24) is 9.78 Å². The number of aryl methyl sites for hydroxylation is 1. The van der Waals surface area contributed by atoms with Crippen LogP contribution in [0.2, 0.25) is 5.02 Å². The molecule has 1 saturated heterocycles. The summed E-state index contributed by atoms with van der Waals surface area (Å²) in [6.45, 7) is 2.43. The van der Waals surface area contributed by atoms with E-state index in [-0.39, 0.29) is 27.7 Å². The van der Waals surface area contributed by atoms with Gasteiger partial charge in [0.1, 0.15) is 17.0 Å². The van der Waals surface area contributed by atoms with Gasteiger partial charge in [-0.15, -0.1) is 0 Å². The third-order valence-corrected chi connectivity index (χ3v) is 7.37. The Morgan fingerprint density at radius 3 is 2.64 bits per heavy atom. The van der Waals surface area contributed by atoms with Gasteiger partial charge >= 0.3 is 0 Å². The van der Waals surface area contributed by atoms with Crippen LogP contribution < -0.4 is 4.74 Å². The lowest BCUT2D eigenvalue weighted by Gasteiger charge is -2.18. The van der Waals surface area contributed by atoms with Gasteiger partial charge in [-0.05, 0) is 31.4 Å². The monoisotopic (exact) mass is 425 g/mol. The van der Waals surface area contributed by atoms with E-state index in [2.05, 4.69) is 9.46 Å². The Hall–Kier alpha value is -2.06. The van der Waals surface area contributed by atoms with Crippen LogP contribution in [-0.4, -0.2) is 43.0 Å². The molecule has 2 heterocycles. The first kappa shape index (κ1) is 20.7. The number of aromatic hydroxyl groups is 1. The molecule has 9 heteroatoms. The van der Waals surface area contributed by atoms with E-state index in [0.717, 1.165) is 25.7 Å². The maximum atomic E-state index is 13.1. The number of benzene rings is 1. The number of carbonyl (C=O) groups excluding carboxylic acids is 1. The van der Waals surface area contributed by atoms with Crippen LogP contribution in [0.25, 0.3) is 0 Å². The summed E-state index contributed by atoms with van der Waals surface area (Å²) >= 11 is 6.55. The van der Waals surface area contributed by atoms with Gasteiger partial charge in [0.15, 0.2) is 0 Å². The van der Waals surface area contributed by atoms with Gasteiger partial charge in [-0.25, -0.2) is 8.89 Å². The number of ether oxygens (including phenoxy) is 1. The van der Waals surface area contributed by atoms with Crippen LogP contribution in [0.15, 0.2) is 22.7 Å². The first-order valence-electron chi connectivity index (χ1n) is 9.30. The van der Waals surface area contributed by atoms with Gasteiger partial charge < -0.3 is 9.84 Å². The Balaban J connectivity index is 2.11. The normalized spacial score (nSPS) is 16.0. The third kappa shape index (κ3) is 4.17. The molecule has 7 nitrogen and oxygen atoms in total. The molecule has 1 aromatic carbocycles. The van der Waals surface area contributed by atoms with Gasteiger partial charge in [-0.3, -0.25) is 4.79 Å². The quantitative estimate of drug-likeness (QED) is 0.703. The van der Waals surface area contributed by atoms with Crippen molar-refractivity contribution in [3.63, 3.8) is 0 Å². The minimum absolute atomic E-state index is 0.0411. The molecule has 0 amide bonds. The van der Waals surface area contributed by atoms with Gasteiger partial charge in [0.25, 0.3) is 0 Å². The van der Waals surface area contributed by atoms with Crippen LogP contribution in [0.4, 0.5) is 5.69 Å². The fourth-order valence-corrected chi connectivity index (χ4v) is 5.61. The fraction of sp³-hybridized carbons (Fsp3) is 0.474. The molecule has 1 aliphatic rings. The molecule has 0 bridgehead atoms. The first-order chi connectivity index (χ1) is 13.4. The Morgan fingerprint density at radius 1 is 1.32 bits per heavy atom. The molecular weight excluding hydrogens is 402 g/mol.